The molecule has 1 saturated heterocycles. The van der Waals surface area contributed by atoms with E-state index in [1.165, 1.54) is 6.07 Å². The summed E-state index contributed by atoms with van der Waals surface area (Å²) < 4.78 is 15.6. The summed E-state index contributed by atoms with van der Waals surface area (Å²) in [6, 6.07) is 19.0. The number of benzene rings is 3. The summed E-state index contributed by atoms with van der Waals surface area (Å²) in [5, 5.41) is 0. The van der Waals surface area contributed by atoms with Crippen molar-refractivity contribution < 1.29 is 18.8 Å². The van der Waals surface area contributed by atoms with Gasteiger partial charge in [0, 0.05) is 28.1 Å². The molecule has 0 radical (unpaired) electrons. The van der Waals surface area contributed by atoms with Gasteiger partial charge in [0.05, 0.1) is 12.1 Å². The van der Waals surface area contributed by atoms with Gasteiger partial charge >= 0.3 is 0 Å². The van der Waals surface area contributed by atoms with Crippen molar-refractivity contribution in [3.05, 3.63) is 107 Å². The van der Waals surface area contributed by atoms with Gasteiger partial charge in [-0.3, -0.25) is 14.4 Å². The molecule has 180 valence electrons. The number of anilines is 1. The first-order valence-corrected chi connectivity index (χ1v) is 12.2. The number of nitrogens with zero attached hydrogens (tertiary/aromatic N) is 1. The summed E-state index contributed by atoms with van der Waals surface area (Å²) in [6.45, 7) is 5.48. The van der Waals surface area contributed by atoms with Gasteiger partial charge in [0.1, 0.15) is 11.2 Å². The van der Waals surface area contributed by atoms with Crippen LogP contribution in [0.4, 0.5) is 10.1 Å². The second kappa shape index (κ2) is 7.57. The first-order valence-electron chi connectivity index (χ1n) is 12.2. The minimum atomic E-state index is -1.67. The third-order valence-electron chi connectivity index (χ3n) is 7.96. The number of fused-ring (bicyclic) bond motifs is 5. The van der Waals surface area contributed by atoms with Gasteiger partial charge in [-0.2, -0.15) is 0 Å². The van der Waals surface area contributed by atoms with E-state index in [4.69, 9.17) is 0 Å². The van der Waals surface area contributed by atoms with Gasteiger partial charge in [-0.1, -0.05) is 93.6 Å². The SMILES string of the molecule is CC(C)(C)C(=O)[C@H]1[C@H](c2ccccc2F)C2(C(=O)c3ccccc3C2=O)[C@@H]2C=Cc3ccccc3N21. The number of para-hydroxylation sites is 1. The summed E-state index contributed by atoms with van der Waals surface area (Å²) in [5.74, 6) is -2.36. The Labute approximate surface area is 209 Å². The third-order valence-corrected chi connectivity index (χ3v) is 7.96. The highest BCUT2D eigenvalue weighted by molar-refractivity contribution is 6.32. The molecule has 0 bridgehead atoms. The van der Waals surface area contributed by atoms with Crippen LogP contribution in [0.3, 0.4) is 0 Å². The maximum Gasteiger partial charge on any atom is 0.180 e. The van der Waals surface area contributed by atoms with Crippen LogP contribution in [-0.2, 0) is 4.79 Å². The molecule has 1 spiro atoms. The fourth-order valence-electron chi connectivity index (χ4n) is 6.43. The molecule has 2 aliphatic heterocycles. The molecule has 0 saturated carbocycles. The average molecular weight is 480 g/mol. The fraction of sp³-hybridized carbons (Fsp3) is 0.258. The van der Waals surface area contributed by atoms with Gasteiger partial charge in [0.2, 0.25) is 0 Å². The number of Topliss-reactive ketones (excluding diaryl/α,β-unsaturated/α-hetero) is 3. The van der Waals surface area contributed by atoms with Crippen molar-refractivity contribution in [2.24, 2.45) is 10.8 Å². The highest BCUT2D eigenvalue weighted by atomic mass is 19.1. The standard InChI is InChI=1S/C31H26FNO3/c1-30(2,3)29(36)26-25(21-13-7-8-14-22(21)32)31(27(34)19-11-5-6-12-20(19)28(31)35)24-17-16-18-10-4-9-15-23(18)33(24)26/h4-17,24-26H,1-3H3/t24-,25-,26+/m0/s1. The largest absolute Gasteiger partial charge is 0.352 e. The van der Waals surface area contributed by atoms with Crippen molar-refractivity contribution >= 4 is 29.1 Å². The van der Waals surface area contributed by atoms with E-state index in [0.717, 1.165) is 11.3 Å². The Morgan fingerprint density at radius 3 is 2.08 bits per heavy atom. The highest BCUT2D eigenvalue weighted by Crippen LogP contribution is 2.61. The zero-order chi connectivity index (χ0) is 25.4. The molecule has 0 unspecified atom stereocenters. The number of hydrogen-bond donors (Lipinski definition) is 0. The van der Waals surface area contributed by atoms with Crippen LogP contribution < -0.4 is 4.90 Å². The summed E-state index contributed by atoms with van der Waals surface area (Å²) in [6.07, 6.45) is 3.76. The molecule has 6 rings (SSSR count). The van der Waals surface area contributed by atoms with Gasteiger partial charge < -0.3 is 4.90 Å². The van der Waals surface area contributed by atoms with Gasteiger partial charge in [-0.05, 0) is 23.3 Å². The zero-order valence-corrected chi connectivity index (χ0v) is 20.4. The number of hydrogen-bond acceptors (Lipinski definition) is 4. The van der Waals surface area contributed by atoms with Gasteiger partial charge in [0.25, 0.3) is 0 Å². The first-order chi connectivity index (χ1) is 17.2. The molecule has 0 aromatic heterocycles. The van der Waals surface area contributed by atoms with E-state index in [9.17, 15) is 14.4 Å². The number of ketones is 3. The predicted molar refractivity (Wildman–Crippen MR) is 137 cm³/mol. The van der Waals surface area contributed by atoms with Crippen LogP contribution in [0.5, 0.6) is 0 Å². The maximum absolute atomic E-state index is 15.6. The molecule has 3 atom stereocenters. The van der Waals surface area contributed by atoms with Crippen LogP contribution in [0, 0.1) is 16.6 Å². The second-order valence-electron chi connectivity index (χ2n) is 10.9. The highest BCUT2D eigenvalue weighted by Gasteiger charge is 2.72. The summed E-state index contributed by atoms with van der Waals surface area (Å²) in [5.41, 5.74) is 0.0802. The van der Waals surface area contributed by atoms with Crippen molar-refractivity contribution in [1.82, 2.24) is 0 Å². The normalized spacial score (nSPS) is 23.6. The first kappa shape index (κ1) is 22.6. The summed E-state index contributed by atoms with van der Waals surface area (Å²) in [4.78, 5) is 45.0. The topological polar surface area (TPSA) is 54.5 Å². The minimum absolute atomic E-state index is 0.140. The minimum Gasteiger partial charge on any atom is -0.352 e. The van der Waals surface area contributed by atoms with Gasteiger partial charge in [-0.25, -0.2) is 4.39 Å². The molecule has 0 amide bonds. The molecule has 1 aliphatic carbocycles. The van der Waals surface area contributed by atoms with Crippen LogP contribution in [0.1, 0.15) is 58.5 Å². The average Bonchev–Trinajstić information content (AvgIpc) is 3.30. The Balaban J connectivity index is 1.72. The van der Waals surface area contributed by atoms with Crippen molar-refractivity contribution in [3.8, 4) is 0 Å². The van der Waals surface area contributed by atoms with E-state index in [2.05, 4.69) is 0 Å². The lowest BCUT2D eigenvalue weighted by atomic mass is 9.63. The molecular formula is C31H26FNO3. The summed E-state index contributed by atoms with van der Waals surface area (Å²) in [7, 11) is 0. The molecule has 4 nitrogen and oxygen atoms in total. The molecule has 0 N–H and O–H groups in total. The Morgan fingerprint density at radius 1 is 0.861 bits per heavy atom. The monoisotopic (exact) mass is 479 g/mol. The molecule has 3 aromatic rings. The van der Waals surface area contributed by atoms with Crippen LogP contribution in [0.2, 0.25) is 0 Å². The Hall–Kier alpha value is -3.86. The van der Waals surface area contributed by atoms with E-state index in [0.29, 0.717) is 11.1 Å². The molecule has 2 heterocycles. The maximum atomic E-state index is 15.6. The van der Waals surface area contributed by atoms with Crippen LogP contribution in [0.25, 0.3) is 6.08 Å². The molecule has 5 heteroatoms. The van der Waals surface area contributed by atoms with Gasteiger partial charge in [-0.15, -0.1) is 0 Å². The third kappa shape index (κ3) is 2.77. The molecule has 3 aliphatic rings. The van der Waals surface area contributed by atoms with Crippen molar-refractivity contribution in [2.45, 2.75) is 38.8 Å². The van der Waals surface area contributed by atoms with E-state index < -0.39 is 34.6 Å². The number of carbonyl (C=O) groups excluding carboxylic acids is 3. The molecule has 36 heavy (non-hydrogen) atoms. The van der Waals surface area contributed by atoms with E-state index in [-0.39, 0.29) is 22.9 Å². The lowest BCUT2D eigenvalue weighted by Gasteiger charge is -2.38. The second-order valence-corrected chi connectivity index (χ2v) is 10.9. The van der Waals surface area contributed by atoms with Crippen LogP contribution >= 0.6 is 0 Å². The van der Waals surface area contributed by atoms with E-state index in [1.807, 2.05) is 62.1 Å². The van der Waals surface area contributed by atoms with Crippen LogP contribution in [-0.4, -0.2) is 29.4 Å². The van der Waals surface area contributed by atoms with E-state index in [1.54, 1.807) is 42.5 Å². The lowest BCUT2D eigenvalue weighted by Crippen LogP contribution is -2.49. The Morgan fingerprint density at radius 2 is 1.44 bits per heavy atom. The smallest absolute Gasteiger partial charge is 0.180 e. The van der Waals surface area contributed by atoms with Crippen molar-refractivity contribution in [2.75, 3.05) is 4.90 Å². The Kier molecular flexibility index (Phi) is 4.75. The summed E-state index contributed by atoms with van der Waals surface area (Å²) >= 11 is 0. The van der Waals surface area contributed by atoms with Crippen LogP contribution in [0.15, 0.2) is 78.9 Å². The fourth-order valence-corrected chi connectivity index (χ4v) is 6.43. The quantitative estimate of drug-likeness (QED) is 0.431. The molecule has 3 aromatic carbocycles. The predicted octanol–water partition coefficient (Wildman–Crippen LogP) is 5.87. The van der Waals surface area contributed by atoms with Crippen molar-refractivity contribution in [1.29, 1.82) is 0 Å². The van der Waals surface area contributed by atoms with Gasteiger partial charge in [0.15, 0.2) is 17.3 Å². The molecular weight excluding hydrogens is 453 g/mol. The lowest BCUT2D eigenvalue weighted by molar-refractivity contribution is -0.127. The number of halogens is 1. The molecule has 1 fully saturated rings. The van der Waals surface area contributed by atoms with Crippen molar-refractivity contribution in [3.63, 3.8) is 0 Å². The zero-order valence-electron chi connectivity index (χ0n) is 20.4. The number of carbonyl (C=O) groups is 3. The number of rotatable bonds is 2. The van der Waals surface area contributed by atoms with E-state index >= 15 is 4.39 Å². The Bertz CT molecular complexity index is 1450.